The molecule has 1 rings (SSSR count). The van der Waals surface area contributed by atoms with Crippen LogP contribution in [0, 0.1) is 0 Å². The highest BCUT2D eigenvalue weighted by molar-refractivity contribution is 5.85. The lowest BCUT2D eigenvalue weighted by Crippen LogP contribution is -2.39. The summed E-state index contributed by atoms with van der Waals surface area (Å²) in [5, 5.41) is 21.0. The van der Waals surface area contributed by atoms with E-state index >= 15 is 0 Å². The minimum atomic E-state index is -0.520. The van der Waals surface area contributed by atoms with Crippen LogP contribution in [0.2, 0.25) is 0 Å². The van der Waals surface area contributed by atoms with Gasteiger partial charge in [-0.25, -0.2) is 0 Å². The predicted molar refractivity (Wildman–Crippen MR) is 67.4 cm³/mol. The molecule has 0 saturated heterocycles. The molecule has 5 N–H and O–H groups in total. The number of phenolic OH excluding ortho intramolecular Hbond substituents is 2. The molecule has 1 unspecified atom stereocenters. The van der Waals surface area contributed by atoms with E-state index in [0.717, 1.165) is 5.56 Å². The summed E-state index contributed by atoms with van der Waals surface area (Å²) in [5.74, 6) is -0.512. The van der Waals surface area contributed by atoms with Gasteiger partial charge in [0.25, 0.3) is 0 Å². The van der Waals surface area contributed by atoms with E-state index < -0.39 is 6.04 Å². The third-order valence-corrected chi connectivity index (χ3v) is 2.17. The Kier molecular flexibility index (Phi) is 6.38. The zero-order valence-corrected chi connectivity index (χ0v) is 10.3. The van der Waals surface area contributed by atoms with Gasteiger partial charge in [0, 0.05) is 6.54 Å². The topological polar surface area (TPSA) is 95.6 Å². The first-order valence-corrected chi connectivity index (χ1v) is 5.05. The molecule has 17 heavy (non-hydrogen) atoms. The monoisotopic (exact) mass is 260 g/mol. The Labute approximate surface area is 106 Å². The minimum absolute atomic E-state index is 0. The first kappa shape index (κ1) is 15.5. The molecule has 96 valence electrons. The maximum atomic E-state index is 11.1. The fourth-order valence-corrected chi connectivity index (χ4v) is 1.22. The largest absolute Gasteiger partial charge is 0.504 e. The van der Waals surface area contributed by atoms with Crippen molar-refractivity contribution in [2.75, 3.05) is 6.54 Å². The smallest absolute Gasteiger partial charge is 0.236 e. The number of aromatic hydroxyl groups is 2. The Hall–Kier alpha value is -1.46. The highest BCUT2D eigenvalue weighted by atomic mass is 35.5. The molecule has 0 aliphatic rings. The summed E-state index contributed by atoms with van der Waals surface area (Å²) in [7, 11) is 0. The van der Waals surface area contributed by atoms with Crippen molar-refractivity contribution < 1.29 is 15.0 Å². The average molecular weight is 261 g/mol. The third kappa shape index (κ3) is 4.93. The molecule has 0 radical (unpaired) electrons. The molecule has 0 aliphatic carbocycles. The number of halogens is 1. The summed E-state index contributed by atoms with van der Waals surface area (Å²) in [5.41, 5.74) is 6.21. The van der Waals surface area contributed by atoms with Crippen molar-refractivity contribution in [3.63, 3.8) is 0 Å². The Balaban J connectivity index is 0.00000256. The van der Waals surface area contributed by atoms with Crippen LogP contribution in [0.25, 0.3) is 0 Å². The van der Waals surface area contributed by atoms with Gasteiger partial charge in [0.1, 0.15) is 0 Å². The molecular weight excluding hydrogens is 244 g/mol. The summed E-state index contributed by atoms with van der Waals surface area (Å²) in [4.78, 5) is 11.1. The van der Waals surface area contributed by atoms with Gasteiger partial charge in [-0.1, -0.05) is 6.07 Å². The number of hydrogen-bond acceptors (Lipinski definition) is 4. The van der Waals surface area contributed by atoms with E-state index in [1.807, 2.05) is 0 Å². The second-order valence-electron chi connectivity index (χ2n) is 3.65. The fourth-order valence-electron chi connectivity index (χ4n) is 1.22. The van der Waals surface area contributed by atoms with Gasteiger partial charge in [-0.2, -0.15) is 0 Å². The van der Waals surface area contributed by atoms with Crippen LogP contribution in [0.5, 0.6) is 11.5 Å². The van der Waals surface area contributed by atoms with E-state index in [4.69, 9.17) is 10.8 Å². The summed E-state index contributed by atoms with van der Waals surface area (Å²) >= 11 is 0. The number of rotatable bonds is 4. The molecule has 0 spiro atoms. The van der Waals surface area contributed by atoms with E-state index in [-0.39, 0.29) is 29.8 Å². The van der Waals surface area contributed by atoms with E-state index in [0.29, 0.717) is 13.0 Å². The highest BCUT2D eigenvalue weighted by Crippen LogP contribution is 2.24. The van der Waals surface area contributed by atoms with Gasteiger partial charge in [0.05, 0.1) is 6.04 Å². The molecule has 0 saturated carbocycles. The summed E-state index contributed by atoms with van der Waals surface area (Å²) in [6.45, 7) is 2.06. The quantitative estimate of drug-likeness (QED) is 0.594. The lowest BCUT2D eigenvalue weighted by Gasteiger charge is -2.08. The Morgan fingerprint density at radius 3 is 2.59 bits per heavy atom. The molecule has 1 aromatic rings. The molecule has 0 heterocycles. The Morgan fingerprint density at radius 1 is 1.41 bits per heavy atom. The third-order valence-electron chi connectivity index (χ3n) is 2.17. The van der Waals surface area contributed by atoms with E-state index in [2.05, 4.69) is 5.32 Å². The SMILES string of the molecule is CC(N)C(=O)NCCc1ccc(O)c(O)c1.Cl. The number of hydrogen-bond donors (Lipinski definition) is 4. The normalized spacial score (nSPS) is 11.4. The van der Waals surface area contributed by atoms with Crippen LogP contribution >= 0.6 is 12.4 Å². The van der Waals surface area contributed by atoms with Crippen LogP contribution < -0.4 is 11.1 Å². The lowest BCUT2D eigenvalue weighted by atomic mass is 10.1. The summed E-state index contributed by atoms with van der Waals surface area (Å²) in [6.07, 6.45) is 0.576. The van der Waals surface area contributed by atoms with E-state index in [9.17, 15) is 9.90 Å². The predicted octanol–water partition coefficient (Wildman–Crippen LogP) is 0.526. The lowest BCUT2D eigenvalue weighted by molar-refractivity contribution is -0.121. The first-order valence-electron chi connectivity index (χ1n) is 5.05. The standard InChI is InChI=1S/C11H16N2O3.ClH/c1-7(12)11(16)13-5-4-8-2-3-9(14)10(15)6-8;/h2-3,6-7,14-15H,4-5,12H2,1H3,(H,13,16);1H. The van der Waals surface area contributed by atoms with Gasteiger partial charge in [0.2, 0.25) is 5.91 Å². The average Bonchev–Trinajstić information content (AvgIpc) is 2.23. The van der Waals surface area contributed by atoms with Gasteiger partial charge in [0.15, 0.2) is 11.5 Å². The van der Waals surface area contributed by atoms with Crippen molar-refractivity contribution in [3.8, 4) is 11.5 Å². The first-order chi connectivity index (χ1) is 7.50. The van der Waals surface area contributed by atoms with Crippen molar-refractivity contribution in [3.05, 3.63) is 23.8 Å². The molecule has 1 atom stereocenters. The number of nitrogens with two attached hydrogens (primary N) is 1. The Morgan fingerprint density at radius 2 is 2.06 bits per heavy atom. The van der Waals surface area contributed by atoms with E-state index in [1.165, 1.54) is 12.1 Å². The molecule has 6 heteroatoms. The minimum Gasteiger partial charge on any atom is -0.504 e. The maximum Gasteiger partial charge on any atom is 0.236 e. The summed E-state index contributed by atoms with van der Waals surface area (Å²) < 4.78 is 0. The van der Waals surface area contributed by atoms with Crippen LogP contribution in [-0.4, -0.2) is 28.7 Å². The van der Waals surface area contributed by atoms with Gasteiger partial charge >= 0.3 is 0 Å². The second kappa shape index (κ2) is 6.98. The highest BCUT2D eigenvalue weighted by Gasteiger charge is 2.06. The maximum absolute atomic E-state index is 11.1. The van der Waals surface area contributed by atoms with Crippen LogP contribution in [0.15, 0.2) is 18.2 Å². The number of phenols is 2. The van der Waals surface area contributed by atoms with Crippen molar-refractivity contribution in [1.82, 2.24) is 5.32 Å². The zero-order chi connectivity index (χ0) is 12.1. The van der Waals surface area contributed by atoms with Crippen molar-refractivity contribution in [2.45, 2.75) is 19.4 Å². The molecule has 1 aromatic carbocycles. The number of carbonyl (C=O) groups excluding carboxylic acids is 1. The molecule has 0 aliphatic heterocycles. The zero-order valence-electron chi connectivity index (χ0n) is 9.51. The van der Waals surface area contributed by atoms with Crippen LogP contribution in [0.1, 0.15) is 12.5 Å². The van der Waals surface area contributed by atoms with E-state index in [1.54, 1.807) is 13.0 Å². The number of benzene rings is 1. The van der Waals surface area contributed by atoms with Crippen molar-refractivity contribution in [2.24, 2.45) is 5.73 Å². The molecule has 0 bridgehead atoms. The molecule has 5 nitrogen and oxygen atoms in total. The molecule has 0 fully saturated rings. The number of amides is 1. The fraction of sp³-hybridized carbons (Fsp3) is 0.364. The second-order valence-corrected chi connectivity index (χ2v) is 3.65. The van der Waals surface area contributed by atoms with Crippen LogP contribution in [-0.2, 0) is 11.2 Å². The van der Waals surface area contributed by atoms with Crippen LogP contribution in [0.3, 0.4) is 0 Å². The van der Waals surface area contributed by atoms with Crippen molar-refractivity contribution in [1.29, 1.82) is 0 Å². The molecule has 1 amide bonds. The van der Waals surface area contributed by atoms with Gasteiger partial charge in [-0.15, -0.1) is 12.4 Å². The number of carbonyl (C=O) groups is 1. The summed E-state index contributed by atoms with van der Waals surface area (Å²) in [6, 6.07) is 4.05. The van der Waals surface area contributed by atoms with Crippen molar-refractivity contribution >= 4 is 18.3 Å². The van der Waals surface area contributed by atoms with Gasteiger partial charge in [-0.3, -0.25) is 4.79 Å². The van der Waals surface area contributed by atoms with Gasteiger partial charge in [-0.05, 0) is 31.0 Å². The van der Waals surface area contributed by atoms with Gasteiger partial charge < -0.3 is 21.3 Å². The van der Waals surface area contributed by atoms with Crippen LogP contribution in [0.4, 0.5) is 0 Å². The molecular formula is C11H17ClN2O3. The Bertz CT molecular complexity index is 383. The molecule has 0 aromatic heterocycles. The number of nitrogens with one attached hydrogen (secondary N) is 1.